The SMILES string of the molecule is CCCCCCCCCCCC[NH+](CCCCCCCCCCCC)c1ccccc1. The smallest absolute Gasteiger partial charge is 0.131 e. The minimum Gasteiger partial charge on any atom is -0.302 e. The summed E-state index contributed by atoms with van der Waals surface area (Å²) in [4.78, 5) is 1.72. The molecule has 180 valence electrons. The van der Waals surface area contributed by atoms with E-state index >= 15 is 0 Å². The molecule has 0 bridgehead atoms. The van der Waals surface area contributed by atoms with Crippen molar-refractivity contribution in [2.45, 2.75) is 142 Å². The van der Waals surface area contributed by atoms with Gasteiger partial charge < -0.3 is 4.90 Å². The van der Waals surface area contributed by atoms with E-state index in [0.29, 0.717) is 0 Å². The minimum atomic E-state index is 1.32. The van der Waals surface area contributed by atoms with Gasteiger partial charge in [0.05, 0.1) is 13.1 Å². The zero-order chi connectivity index (χ0) is 22.2. The summed E-state index contributed by atoms with van der Waals surface area (Å²) in [5, 5.41) is 0. The van der Waals surface area contributed by atoms with Crippen LogP contribution in [0.15, 0.2) is 30.3 Å². The minimum absolute atomic E-state index is 1.32. The van der Waals surface area contributed by atoms with Crippen molar-refractivity contribution < 1.29 is 4.90 Å². The first-order valence-corrected chi connectivity index (χ1v) is 14.3. The van der Waals surface area contributed by atoms with Crippen LogP contribution in [0.2, 0.25) is 0 Å². The molecule has 1 heteroatoms. The van der Waals surface area contributed by atoms with Crippen molar-refractivity contribution in [3.63, 3.8) is 0 Å². The summed E-state index contributed by atoms with van der Waals surface area (Å²) in [6, 6.07) is 11.3. The number of unbranched alkanes of at least 4 members (excludes halogenated alkanes) is 18. The van der Waals surface area contributed by atoms with Gasteiger partial charge in [-0.1, -0.05) is 135 Å². The van der Waals surface area contributed by atoms with Crippen molar-refractivity contribution in [2.75, 3.05) is 13.1 Å². The van der Waals surface area contributed by atoms with Crippen molar-refractivity contribution in [3.8, 4) is 0 Å². The number of benzene rings is 1. The van der Waals surface area contributed by atoms with Crippen LogP contribution in [-0.2, 0) is 0 Å². The first kappa shape index (κ1) is 28.2. The molecule has 0 radical (unpaired) electrons. The van der Waals surface area contributed by atoms with Crippen molar-refractivity contribution in [2.24, 2.45) is 0 Å². The van der Waals surface area contributed by atoms with Crippen LogP contribution in [0.5, 0.6) is 0 Å². The number of hydrogen-bond acceptors (Lipinski definition) is 0. The summed E-state index contributed by atoms with van der Waals surface area (Å²) < 4.78 is 0. The van der Waals surface area contributed by atoms with Gasteiger partial charge in [0, 0.05) is 0 Å². The normalized spacial score (nSPS) is 11.5. The summed E-state index contributed by atoms with van der Waals surface area (Å²) in [7, 11) is 0. The Morgan fingerprint density at radius 1 is 0.419 bits per heavy atom. The zero-order valence-electron chi connectivity index (χ0n) is 21.4. The van der Waals surface area contributed by atoms with E-state index in [4.69, 9.17) is 0 Å². The fourth-order valence-corrected chi connectivity index (χ4v) is 4.74. The highest BCUT2D eigenvalue weighted by molar-refractivity contribution is 5.27. The summed E-state index contributed by atoms with van der Waals surface area (Å²) in [6.45, 7) is 7.24. The molecule has 0 heterocycles. The average Bonchev–Trinajstić information content (AvgIpc) is 2.80. The van der Waals surface area contributed by atoms with Gasteiger partial charge in [-0.2, -0.15) is 0 Å². The summed E-state index contributed by atoms with van der Waals surface area (Å²) >= 11 is 0. The highest BCUT2D eigenvalue weighted by atomic mass is 15.1. The quantitative estimate of drug-likeness (QED) is 0.165. The van der Waals surface area contributed by atoms with Gasteiger partial charge in [-0.15, -0.1) is 0 Å². The molecular weight excluding hydrogens is 374 g/mol. The topological polar surface area (TPSA) is 4.44 Å². The molecule has 1 N–H and O–H groups in total. The van der Waals surface area contributed by atoms with Crippen molar-refractivity contribution >= 4 is 5.69 Å². The number of hydrogen-bond donors (Lipinski definition) is 1. The highest BCUT2D eigenvalue weighted by Crippen LogP contribution is 2.11. The molecule has 0 aliphatic heterocycles. The van der Waals surface area contributed by atoms with E-state index in [0.717, 1.165) is 0 Å². The largest absolute Gasteiger partial charge is 0.302 e. The van der Waals surface area contributed by atoms with E-state index in [2.05, 4.69) is 44.2 Å². The highest BCUT2D eigenvalue weighted by Gasteiger charge is 2.11. The van der Waals surface area contributed by atoms with Crippen molar-refractivity contribution in [1.82, 2.24) is 0 Å². The second-order valence-corrected chi connectivity index (χ2v) is 9.83. The molecule has 1 aromatic rings. The molecule has 0 unspecified atom stereocenters. The van der Waals surface area contributed by atoms with Crippen molar-refractivity contribution in [3.05, 3.63) is 30.3 Å². The lowest BCUT2D eigenvalue weighted by atomic mass is 10.1. The molecule has 0 amide bonds. The third-order valence-corrected chi connectivity index (χ3v) is 6.85. The summed E-state index contributed by atoms with van der Waals surface area (Å²) in [5.74, 6) is 0. The van der Waals surface area contributed by atoms with Gasteiger partial charge >= 0.3 is 0 Å². The average molecular weight is 431 g/mol. The molecule has 31 heavy (non-hydrogen) atoms. The lowest BCUT2D eigenvalue weighted by Crippen LogP contribution is -3.07. The Labute approximate surface area is 196 Å². The molecule has 0 aliphatic carbocycles. The second-order valence-electron chi connectivity index (χ2n) is 9.83. The van der Waals surface area contributed by atoms with Crippen LogP contribution in [0.3, 0.4) is 0 Å². The monoisotopic (exact) mass is 430 g/mol. The van der Waals surface area contributed by atoms with Crippen LogP contribution in [0.4, 0.5) is 5.69 Å². The van der Waals surface area contributed by atoms with E-state index in [1.54, 1.807) is 4.90 Å². The maximum absolute atomic E-state index is 2.34. The van der Waals surface area contributed by atoms with Crippen LogP contribution >= 0.6 is 0 Å². The third-order valence-electron chi connectivity index (χ3n) is 6.85. The molecule has 0 aromatic heterocycles. The molecular formula is C30H56N+. The van der Waals surface area contributed by atoms with E-state index in [1.165, 1.54) is 147 Å². The maximum atomic E-state index is 2.34. The molecule has 0 fully saturated rings. The predicted octanol–water partition coefficient (Wildman–Crippen LogP) is 9.04. The van der Waals surface area contributed by atoms with Crippen LogP contribution in [0, 0.1) is 0 Å². The van der Waals surface area contributed by atoms with E-state index in [9.17, 15) is 0 Å². The van der Waals surface area contributed by atoms with Gasteiger partial charge in [-0.25, -0.2) is 0 Å². The molecule has 0 atom stereocenters. The van der Waals surface area contributed by atoms with Gasteiger partial charge in [0.1, 0.15) is 5.69 Å². The third kappa shape index (κ3) is 17.4. The first-order valence-electron chi connectivity index (χ1n) is 14.3. The molecule has 0 spiro atoms. The molecule has 0 saturated carbocycles. The lowest BCUT2D eigenvalue weighted by molar-refractivity contribution is -0.833. The number of quaternary nitrogens is 1. The lowest BCUT2D eigenvalue weighted by Gasteiger charge is -2.19. The van der Waals surface area contributed by atoms with Crippen LogP contribution in [-0.4, -0.2) is 13.1 Å². The standard InChI is InChI=1S/C30H55N/c1-3-5-7-9-11-13-15-17-19-24-28-31(30-26-22-21-23-27-30)29-25-20-18-16-14-12-10-8-6-4-2/h21-23,26-27H,3-20,24-25,28-29H2,1-2H3/p+1. The van der Waals surface area contributed by atoms with Gasteiger partial charge in [0.15, 0.2) is 0 Å². The fraction of sp³-hybridized carbons (Fsp3) is 0.800. The van der Waals surface area contributed by atoms with E-state index in [-0.39, 0.29) is 0 Å². The van der Waals surface area contributed by atoms with Crippen molar-refractivity contribution in [1.29, 1.82) is 0 Å². The van der Waals surface area contributed by atoms with Crippen LogP contribution in [0.25, 0.3) is 0 Å². The van der Waals surface area contributed by atoms with Gasteiger partial charge in [0.25, 0.3) is 0 Å². The molecule has 1 rings (SSSR count). The maximum Gasteiger partial charge on any atom is 0.131 e. The Morgan fingerprint density at radius 3 is 1.10 bits per heavy atom. The number of para-hydroxylation sites is 1. The number of rotatable bonds is 23. The fourth-order valence-electron chi connectivity index (χ4n) is 4.74. The van der Waals surface area contributed by atoms with Gasteiger partial charge in [0.2, 0.25) is 0 Å². The molecule has 0 aliphatic rings. The molecule has 1 aromatic carbocycles. The van der Waals surface area contributed by atoms with Gasteiger partial charge in [-0.05, 0) is 37.8 Å². The van der Waals surface area contributed by atoms with Crippen LogP contribution in [0.1, 0.15) is 142 Å². The van der Waals surface area contributed by atoms with Gasteiger partial charge in [-0.3, -0.25) is 0 Å². The number of nitrogens with one attached hydrogen (secondary N) is 1. The Morgan fingerprint density at radius 2 is 0.742 bits per heavy atom. The zero-order valence-corrected chi connectivity index (χ0v) is 21.4. The summed E-state index contributed by atoms with van der Waals surface area (Å²) in [6.07, 6.45) is 28.6. The first-order chi connectivity index (χ1) is 15.4. The van der Waals surface area contributed by atoms with E-state index in [1.807, 2.05) is 0 Å². The Balaban J connectivity index is 2.10. The van der Waals surface area contributed by atoms with Crippen LogP contribution < -0.4 is 4.90 Å². The second kappa shape index (κ2) is 22.4. The summed E-state index contributed by atoms with van der Waals surface area (Å²) in [5.41, 5.74) is 1.51. The molecule has 0 saturated heterocycles. The Bertz CT molecular complexity index is 431. The van der Waals surface area contributed by atoms with E-state index < -0.39 is 0 Å². The predicted molar refractivity (Wildman–Crippen MR) is 140 cm³/mol. The Hall–Kier alpha value is -0.820. The Kier molecular flexibility index (Phi) is 20.4. The molecule has 1 nitrogen and oxygen atoms in total.